The Morgan fingerprint density at radius 3 is 2.39 bits per heavy atom. The predicted octanol–water partition coefficient (Wildman–Crippen LogP) is 5.91. The van der Waals surface area contributed by atoms with Gasteiger partial charge in [0.2, 0.25) is 0 Å². The molecule has 1 heterocycles. The van der Waals surface area contributed by atoms with Crippen LogP contribution in [0.3, 0.4) is 0 Å². The zero-order valence-corrected chi connectivity index (χ0v) is 16.9. The quantitative estimate of drug-likeness (QED) is 0.428. The first kappa shape index (κ1) is 20.7. The van der Waals surface area contributed by atoms with E-state index in [1.165, 1.54) is 12.1 Å². The van der Waals surface area contributed by atoms with Crippen LogP contribution in [0.15, 0.2) is 73.1 Å². The molecule has 0 fully saturated rings. The Balaban J connectivity index is 1.65. The highest BCUT2D eigenvalue weighted by atomic mass is 19.4. The maximum absolute atomic E-state index is 12.9. The lowest BCUT2D eigenvalue weighted by Gasteiger charge is -2.24. The van der Waals surface area contributed by atoms with Gasteiger partial charge >= 0.3 is 6.18 Å². The molecule has 0 radical (unpaired) electrons. The van der Waals surface area contributed by atoms with Gasteiger partial charge in [0.1, 0.15) is 5.82 Å². The molecule has 0 spiro atoms. The molecule has 2 N–H and O–H groups in total. The van der Waals surface area contributed by atoms with E-state index in [0.29, 0.717) is 17.0 Å². The molecule has 4 nitrogen and oxygen atoms in total. The molecule has 7 heteroatoms. The lowest BCUT2D eigenvalue weighted by atomic mass is 9.96. The molecular formula is C24H20F3N3O. The lowest BCUT2D eigenvalue weighted by Crippen LogP contribution is -2.41. The zero-order valence-electron chi connectivity index (χ0n) is 16.9. The number of aromatic nitrogens is 2. The van der Waals surface area contributed by atoms with Crippen molar-refractivity contribution in [3.05, 3.63) is 90.0 Å². The van der Waals surface area contributed by atoms with E-state index in [0.717, 1.165) is 28.5 Å². The molecule has 0 bridgehead atoms. The highest BCUT2D eigenvalue weighted by molar-refractivity contribution is 6.02. The minimum atomic E-state index is -4.37. The number of H-pyrrole nitrogens is 1. The highest BCUT2D eigenvalue weighted by Gasteiger charge is 2.30. The number of alkyl halides is 3. The van der Waals surface area contributed by atoms with Crippen molar-refractivity contribution < 1.29 is 18.0 Å². The molecule has 0 saturated heterocycles. The summed E-state index contributed by atoms with van der Waals surface area (Å²) < 4.78 is 38.6. The summed E-state index contributed by atoms with van der Waals surface area (Å²) in [6.45, 7) is 3.71. The van der Waals surface area contributed by atoms with Gasteiger partial charge < -0.3 is 10.3 Å². The van der Waals surface area contributed by atoms with Crippen LogP contribution < -0.4 is 5.32 Å². The fraction of sp³-hybridized carbons (Fsp3) is 0.167. The second-order valence-electron chi connectivity index (χ2n) is 7.83. The van der Waals surface area contributed by atoms with Gasteiger partial charge in [-0.25, -0.2) is 4.98 Å². The first-order valence-corrected chi connectivity index (χ1v) is 9.68. The second kappa shape index (κ2) is 7.58. The summed E-state index contributed by atoms with van der Waals surface area (Å²) in [6.07, 6.45) is -1.05. The highest BCUT2D eigenvalue weighted by Crippen LogP contribution is 2.33. The number of benzene rings is 3. The fourth-order valence-electron chi connectivity index (χ4n) is 3.54. The van der Waals surface area contributed by atoms with Crippen LogP contribution in [0.25, 0.3) is 21.9 Å². The Kier molecular flexibility index (Phi) is 5.05. The minimum absolute atomic E-state index is 0.247. The van der Waals surface area contributed by atoms with Crippen LogP contribution in [0, 0.1) is 0 Å². The Morgan fingerprint density at radius 1 is 1.00 bits per heavy atom. The molecule has 0 saturated carbocycles. The molecule has 0 aliphatic heterocycles. The summed E-state index contributed by atoms with van der Waals surface area (Å²) in [7, 11) is 0. The second-order valence-corrected chi connectivity index (χ2v) is 7.83. The summed E-state index contributed by atoms with van der Waals surface area (Å²) >= 11 is 0. The number of nitrogens with zero attached hydrogens (tertiary/aromatic N) is 1. The van der Waals surface area contributed by atoms with Crippen LogP contribution in [0.2, 0.25) is 0 Å². The molecule has 0 atom stereocenters. The third-order valence-electron chi connectivity index (χ3n) is 5.18. The standard InChI is InChI=1S/C24H20F3N3O/c1-23(2,22-28-12-13-29-22)30-21(31)17-8-11-20-16(14-17)4-3-5-19(20)15-6-9-18(10-7-15)24(25,26)27/h3-14H,1-2H3,(H,28,29)(H,30,31). The SMILES string of the molecule is CC(C)(NC(=O)c1ccc2c(-c3ccc(C(F)(F)F)cc3)cccc2c1)c1ncc[nH]1. The van der Waals surface area contributed by atoms with Gasteiger partial charge in [0, 0.05) is 18.0 Å². The Bertz CT molecular complexity index is 1230. The molecule has 4 aromatic rings. The molecule has 0 unspecified atom stereocenters. The van der Waals surface area contributed by atoms with Gasteiger partial charge in [-0.05, 0) is 60.0 Å². The minimum Gasteiger partial charge on any atom is -0.347 e. The van der Waals surface area contributed by atoms with Gasteiger partial charge in [-0.2, -0.15) is 13.2 Å². The van der Waals surface area contributed by atoms with Crippen molar-refractivity contribution >= 4 is 16.7 Å². The number of aromatic amines is 1. The molecule has 4 rings (SSSR count). The largest absolute Gasteiger partial charge is 0.416 e. The first-order valence-electron chi connectivity index (χ1n) is 9.68. The van der Waals surface area contributed by atoms with E-state index >= 15 is 0 Å². The average Bonchev–Trinajstić information content (AvgIpc) is 3.28. The third-order valence-corrected chi connectivity index (χ3v) is 5.18. The third kappa shape index (κ3) is 4.17. The number of carbonyl (C=O) groups excluding carboxylic acids is 1. The molecule has 0 aliphatic carbocycles. The number of hydrogen-bond donors (Lipinski definition) is 2. The molecule has 158 valence electrons. The number of fused-ring (bicyclic) bond motifs is 1. The number of carbonyl (C=O) groups is 1. The van der Waals surface area contributed by atoms with E-state index in [9.17, 15) is 18.0 Å². The molecule has 31 heavy (non-hydrogen) atoms. The summed E-state index contributed by atoms with van der Waals surface area (Å²) in [4.78, 5) is 20.0. The van der Waals surface area contributed by atoms with Crippen molar-refractivity contribution in [1.82, 2.24) is 15.3 Å². The van der Waals surface area contributed by atoms with Crippen LogP contribution >= 0.6 is 0 Å². The Morgan fingerprint density at radius 2 is 1.74 bits per heavy atom. The fourth-order valence-corrected chi connectivity index (χ4v) is 3.54. The Labute approximate surface area is 177 Å². The van der Waals surface area contributed by atoms with Crippen LogP contribution in [0.5, 0.6) is 0 Å². The van der Waals surface area contributed by atoms with E-state index in [4.69, 9.17) is 0 Å². The average molecular weight is 423 g/mol. The smallest absolute Gasteiger partial charge is 0.347 e. The van der Waals surface area contributed by atoms with E-state index in [1.807, 2.05) is 38.1 Å². The van der Waals surface area contributed by atoms with E-state index < -0.39 is 17.3 Å². The molecule has 0 aliphatic rings. The molecule has 1 aromatic heterocycles. The monoisotopic (exact) mass is 423 g/mol. The van der Waals surface area contributed by atoms with Crippen molar-refractivity contribution in [2.45, 2.75) is 25.6 Å². The van der Waals surface area contributed by atoms with E-state index in [2.05, 4.69) is 15.3 Å². The summed E-state index contributed by atoms with van der Waals surface area (Å²) in [5.74, 6) is 0.398. The van der Waals surface area contributed by atoms with E-state index in [1.54, 1.807) is 24.5 Å². The van der Waals surface area contributed by atoms with Crippen LogP contribution in [0.4, 0.5) is 13.2 Å². The molecule has 1 amide bonds. The number of imidazole rings is 1. The molecule has 3 aromatic carbocycles. The maximum atomic E-state index is 12.9. The lowest BCUT2D eigenvalue weighted by molar-refractivity contribution is -0.137. The van der Waals surface area contributed by atoms with Gasteiger partial charge in [0.15, 0.2) is 0 Å². The zero-order chi connectivity index (χ0) is 22.2. The van der Waals surface area contributed by atoms with Crippen LogP contribution in [-0.2, 0) is 11.7 Å². The van der Waals surface area contributed by atoms with Gasteiger partial charge in [0.25, 0.3) is 5.91 Å². The van der Waals surface area contributed by atoms with Gasteiger partial charge in [-0.1, -0.05) is 36.4 Å². The first-order chi connectivity index (χ1) is 14.6. The van der Waals surface area contributed by atoms with Crippen molar-refractivity contribution in [2.24, 2.45) is 0 Å². The van der Waals surface area contributed by atoms with Crippen molar-refractivity contribution in [3.8, 4) is 11.1 Å². The van der Waals surface area contributed by atoms with Gasteiger partial charge in [0.05, 0.1) is 11.1 Å². The normalized spacial score (nSPS) is 12.2. The van der Waals surface area contributed by atoms with E-state index in [-0.39, 0.29) is 5.91 Å². The predicted molar refractivity (Wildman–Crippen MR) is 113 cm³/mol. The topological polar surface area (TPSA) is 57.8 Å². The number of halogens is 3. The van der Waals surface area contributed by atoms with Crippen LogP contribution in [0.1, 0.15) is 35.6 Å². The van der Waals surface area contributed by atoms with Gasteiger partial charge in [-0.3, -0.25) is 4.79 Å². The van der Waals surface area contributed by atoms with Crippen molar-refractivity contribution in [3.63, 3.8) is 0 Å². The summed E-state index contributed by atoms with van der Waals surface area (Å²) in [6, 6.07) is 15.9. The number of amides is 1. The Hall–Kier alpha value is -3.61. The summed E-state index contributed by atoms with van der Waals surface area (Å²) in [5.41, 5.74) is 0.590. The summed E-state index contributed by atoms with van der Waals surface area (Å²) in [5, 5.41) is 4.64. The van der Waals surface area contributed by atoms with Crippen molar-refractivity contribution in [2.75, 3.05) is 0 Å². The number of hydrogen-bond acceptors (Lipinski definition) is 2. The van der Waals surface area contributed by atoms with Crippen molar-refractivity contribution in [1.29, 1.82) is 0 Å². The number of nitrogens with one attached hydrogen (secondary N) is 2. The van der Waals surface area contributed by atoms with Gasteiger partial charge in [-0.15, -0.1) is 0 Å². The molecular weight excluding hydrogens is 403 g/mol. The van der Waals surface area contributed by atoms with Crippen LogP contribution in [-0.4, -0.2) is 15.9 Å². The number of rotatable bonds is 4. The maximum Gasteiger partial charge on any atom is 0.416 e.